The summed E-state index contributed by atoms with van der Waals surface area (Å²) >= 11 is 6.27. The Morgan fingerprint density at radius 2 is 1.42 bits per heavy atom. The van der Waals surface area contributed by atoms with E-state index in [1.54, 1.807) is 6.07 Å². The monoisotopic (exact) mass is 396 g/mol. The van der Waals surface area contributed by atoms with Crippen molar-refractivity contribution in [1.29, 1.82) is 0 Å². The first-order valence-corrected chi connectivity index (χ1v) is 6.84. The molecule has 2 aromatic carbocycles. The van der Waals surface area contributed by atoms with Crippen molar-refractivity contribution in [1.82, 2.24) is 0 Å². The van der Waals surface area contributed by atoms with Gasteiger partial charge in [-0.2, -0.15) is 0 Å². The number of alkyl halides is 1. The topological polar surface area (TPSA) is 0 Å². The van der Waals surface area contributed by atoms with Crippen LogP contribution >= 0.6 is 31.9 Å². The Bertz CT molecular complexity index is 608. The lowest BCUT2D eigenvalue weighted by molar-refractivity contribution is 0.491. The maximum Gasteiger partial charge on any atom is 0.161 e. The van der Waals surface area contributed by atoms with Crippen molar-refractivity contribution < 1.29 is 17.6 Å². The van der Waals surface area contributed by atoms with E-state index in [0.717, 1.165) is 6.07 Å². The van der Waals surface area contributed by atoms with Crippen LogP contribution in [0.15, 0.2) is 34.8 Å². The molecular weight excluding hydrogens is 392 g/mol. The third-order valence-corrected chi connectivity index (χ3v) is 3.97. The molecule has 19 heavy (non-hydrogen) atoms. The van der Waals surface area contributed by atoms with Crippen molar-refractivity contribution in [3.8, 4) is 0 Å². The van der Waals surface area contributed by atoms with Crippen LogP contribution in [0, 0.1) is 23.3 Å². The molecule has 0 fully saturated rings. The van der Waals surface area contributed by atoms with Crippen LogP contribution in [0.5, 0.6) is 0 Å². The molecule has 100 valence electrons. The van der Waals surface area contributed by atoms with Gasteiger partial charge in [0.25, 0.3) is 0 Å². The maximum absolute atomic E-state index is 13.6. The number of benzene rings is 2. The van der Waals surface area contributed by atoms with Crippen molar-refractivity contribution in [3.63, 3.8) is 0 Å². The molecule has 1 unspecified atom stereocenters. The zero-order valence-corrected chi connectivity index (χ0v) is 12.4. The first kappa shape index (κ1) is 14.5. The molecule has 0 saturated carbocycles. The average Bonchev–Trinajstić information content (AvgIpc) is 2.31. The fraction of sp³-hybridized carbons (Fsp3) is 0.0769. The molecule has 0 aliphatic rings. The van der Waals surface area contributed by atoms with Crippen molar-refractivity contribution in [2.75, 3.05) is 0 Å². The molecule has 2 rings (SSSR count). The maximum atomic E-state index is 13.6. The Morgan fingerprint density at radius 3 is 2.05 bits per heavy atom. The number of rotatable bonds is 2. The molecule has 1 atom stereocenters. The Balaban J connectivity index is 2.49. The van der Waals surface area contributed by atoms with Gasteiger partial charge in [-0.1, -0.05) is 31.9 Å². The van der Waals surface area contributed by atoms with Gasteiger partial charge in [0.05, 0.1) is 4.83 Å². The molecule has 0 aliphatic heterocycles. The molecule has 0 nitrogen and oxygen atoms in total. The molecule has 2 aromatic rings. The molecule has 6 heteroatoms. The van der Waals surface area contributed by atoms with E-state index in [2.05, 4.69) is 31.9 Å². The highest BCUT2D eigenvalue weighted by molar-refractivity contribution is 9.10. The molecule has 0 radical (unpaired) electrons. The summed E-state index contributed by atoms with van der Waals surface area (Å²) < 4.78 is 53.4. The highest BCUT2D eigenvalue weighted by Crippen LogP contribution is 2.35. The normalized spacial score (nSPS) is 12.5. The van der Waals surface area contributed by atoms with E-state index < -0.39 is 28.1 Å². The lowest BCUT2D eigenvalue weighted by Crippen LogP contribution is -2.00. The molecule has 0 heterocycles. The SMILES string of the molecule is Fc1cc(Br)cc(C(Br)c2cc(F)c(F)cc2F)c1. The molecular formula is C13H6Br2F4. The van der Waals surface area contributed by atoms with Gasteiger partial charge < -0.3 is 0 Å². The van der Waals surface area contributed by atoms with Crippen LogP contribution in [0.4, 0.5) is 17.6 Å². The highest BCUT2D eigenvalue weighted by Gasteiger charge is 2.19. The Morgan fingerprint density at radius 1 is 0.789 bits per heavy atom. The van der Waals surface area contributed by atoms with E-state index in [1.807, 2.05) is 0 Å². The third-order valence-electron chi connectivity index (χ3n) is 2.49. The molecule has 0 N–H and O–H groups in total. The summed E-state index contributed by atoms with van der Waals surface area (Å²) in [5.41, 5.74) is 0.285. The Labute approximate surface area is 123 Å². The van der Waals surface area contributed by atoms with Gasteiger partial charge in [-0.05, 0) is 29.8 Å². The fourth-order valence-electron chi connectivity index (χ4n) is 1.63. The quantitative estimate of drug-likeness (QED) is 0.357. The van der Waals surface area contributed by atoms with Gasteiger partial charge in [0.15, 0.2) is 11.6 Å². The van der Waals surface area contributed by atoms with E-state index in [1.165, 1.54) is 12.1 Å². The minimum absolute atomic E-state index is 0.101. The fourth-order valence-corrected chi connectivity index (χ4v) is 2.73. The minimum atomic E-state index is -1.26. The molecule has 0 saturated heterocycles. The van der Waals surface area contributed by atoms with E-state index in [4.69, 9.17) is 0 Å². The summed E-state index contributed by atoms with van der Waals surface area (Å²) in [4.78, 5) is -0.783. The van der Waals surface area contributed by atoms with Gasteiger partial charge in [0.2, 0.25) is 0 Å². The van der Waals surface area contributed by atoms with Gasteiger partial charge >= 0.3 is 0 Å². The van der Waals surface area contributed by atoms with Crippen LogP contribution < -0.4 is 0 Å². The first-order valence-electron chi connectivity index (χ1n) is 5.13. The van der Waals surface area contributed by atoms with Gasteiger partial charge in [0, 0.05) is 16.1 Å². The second kappa shape index (κ2) is 5.63. The Kier molecular flexibility index (Phi) is 4.30. The van der Waals surface area contributed by atoms with E-state index in [-0.39, 0.29) is 5.56 Å². The number of hydrogen-bond acceptors (Lipinski definition) is 0. The Hall–Kier alpha value is -0.880. The van der Waals surface area contributed by atoms with Crippen molar-refractivity contribution >= 4 is 31.9 Å². The zero-order chi connectivity index (χ0) is 14.2. The summed E-state index contributed by atoms with van der Waals surface area (Å²) in [6.45, 7) is 0. The summed E-state index contributed by atoms with van der Waals surface area (Å²) in [6.07, 6.45) is 0. The van der Waals surface area contributed by atoms with Crippen LogP contribution in [0.1, 0.15) is 16.0 Å². The largest absolute Gasteiger partial charge is 0.207 e. The number of hydrogen-bond donors (Lipinski definition) is 0. The first-order chi connectivity index (χ1) is 8.88. The van der Waals surface area contributed by atoms with Crippen LogP contribution in [0.2, 0.25) is 0 Å². The average molecular weight is 398 g/mol. The molecule has 0 aliphatic carbocycles. The minimum Gasteiger partial charge on any atom is -0.207 e. The summed E-state index contributed by atoms with van der Waals surface area (Å²) in [5.74, 6) is -3.84. The lowest BCUT2D eigenvalue weighted by Gasteiger charge is -2.13. The zero-order valence-electron chi connectivity index (χ0n) is 9.23. The van der Waals surface area contributed by atoms with E-state index in [9.17, 15) is 17.6 Å². The van der Waals surface area contributed by atoms with Crippen molar-refractivity contribution in [3.05, 3.63) is 69.2 Å². The predicted molar refractivity (Wildman–Crippen MR) is 71.2 cm³/mol. The highest BCUT2D eigenvalue weighted by atomic mass is 79.9. The van der Waals surface area contributed by atoms with Crippen LogP contribution in [-0.2, 0) is 0 Å². The lowest BCUT2D eigenvalue weighted by atomic mass is 10.0. The van der Waals surface area contributed by atoms with Crippen LogP contribution in [-0.4, -0.2) is 0 Å². The van der Waals surface area contributed by atoms with Gasteiger partial charge in [0.1, 0.15) is 11.6 Å². The summed E-state index contributed by atoms with van der Waals surface area (Å²) in [7, 11) is 0. The summed E-state index contributed by atoms with van der Waals surface area (Å²) in [5, 5.41) is 0. The van der Waals surface area contributed by atoms with Crippen molar-refractivity contribution in [2.24, 2.45) is 0 Å². The standard InChI is InChI=1S/C13H6Br2F4/c14-7-1-6(2-8(16)3-7)13(15)9-4-11(18)12(19)5-10(9)17/h1-5,13H. The predicted octanol–water partition coefficient (Wildman–Crippen LogP) is 5.49. The smallest absolute Gasteiger partial charge is 0.161 e. The van der Waals surface area contributed by atoms with E-state index >= 15 is 0 Å². The molecule has 0 aromatic heterocycles. The van der Waals surface area contributed by atoms with Gasteiger partial charge in [-0.25, -0.2) is 17.6 Å². The second-order valence-corrected chi connectivity index (χ2v) is 5.68. The van der Waals surface area contributed by atoms with Gasteiger partial charge in [-0.3, -0.25) is 0 Å². The van der Waals surface area contributed by atoms with Crippen LogP contribution in [0.25, 0.3) is 0 Å². The molecule has 0 bridgehead atoms. The van der Waals surface area contributed by atoms with Crippen molar-refractivity contribution in [2.45, 2.75) is 4.83 Å². The molecule has 0 amide bonds. The van der Waals surface area contributed by atoms with E-state index in [0.29, 0.717) is 16.1 Å². The van der Waals surface area contributed by atoms with Gasteiger partial charge in [-0.15, -0.1) is 0 Å². The second-order valence-electron chi connectivity index (χ2n) is 3.85. The summed E-state index contributed by atoms with van der Waals surface area (Å²) in [6, 6.07) is 5.20. The number of halogens is 6. The molecule has 0 spiro atoms. The third kappa shape index (κ3) is 3.17. The van der Waals surface area contributed by atoms with Crippen LogP contribution in [0.3, 0.4) is 0 Å².